The Morgan fingerprint density at radius 1 is 1.33 bits per heavy atom. The second-order valence-electron chi connectivity index (χ2n) is 7.79. The fourth-order valence-electron chi connectivity index (χ4n) is 4.45. The molecule has 2 fully saturated rings. The first-order valence-corrected chi connectivity index (χ1v) is 9.54. The van der Waals surface area contributed by atoms with Crippen LogP contribution in [-0.4, -0.2) is 46.3 Å². The zero-order valence-electron chi connectivity index (χ0n) is 15.5. The van der Waals surface area contributed by atoms with Crippen LogP contribution < -0.4 is 14.8 Å². The number of aryl methyl sites for hydroxylation is 1. The van der Waals surface area contributed by atoms with Crippen LogP contribution in [0.5, 0.6) is 11.5 Å². The number of amides is 1. The van der Waals surface area contributed by atoms with E-state index >= 15 is 0 Å². The van der Waals surface area contributed by atoms with Gasteiger partial charge in [-0.25, -0.2) is 4.98 Å². The zero-order valence-corrected chi connectivity index (χ0v) is 15.5. The minimum atomic E-state index is 0.0386. The van der Waals surface area contributed by atoms with Gasteiger partial charge in [0, 0.05) is 31.0 Å². The number of rotatable bonds is 4. The molecule has 7 nitrogen and oxygen atoms in total. The number of fused-ring (bicyclic) bond motifs is 1. The molecule has 7 heteroatoms. The summed E-state index contributed by atoms with van der Waals surface area (Å²) in [6.45, 7) is 2.80. The van der Waals surface area contributed by atoms with E-state index in [0.29, 0.717) is 23.6 Å². The Morgan fingerprint density at radius 3 is 2.93 bits per heavy atom. The van der Waals surface area contributed by atoms with Gasteiger partial charge < -0.3 is 24.3 Å². The summed E-state index contributed by atoms with van der Waals surface area (Å²) in [5, 5.41) is 3.43. The molecule has 27 heavy (non-hydrogen) atoms. The molecule has 1 atom stereocenters. The summed E-state index contributed by atoms with van der Waals surface area (Å²) >= 11 is 0. The first-order valence-electron chi connectivity index (χ1n) is 9.54. The van der Waals surface area contributed by atoms with E-state index in [1.165, 1.54) is 0 Å². The van der Waals surface area contributed by atoms with Crippen LogP contribution in [0.25, 0.3) is 0 Å². The van der Waals surface area contributed by atoms with Crippen molar-refractivity contribution in [1.29, 1.82) is 0 Å². The maximum Gasteiger partial charge on any atom is 0.254 e. The van der Waals surface area contributed by atoms with E-state index < -0.39 is 0 Å². The number of hydrogen-bond acceptors (Lipinski definition) is 5. The highest BCUT2D eigenvalue weighted by molar-refractivity contribution is 5.95. The Bertz CT molecular complexity index is 872. The molecule has 1 aromatic carbocycles. The van der Waals surface area contributed by atoms with Crippen molar-refractivity contribution in [3.8, 4) is 11.5 Å². The summed E-state index contributed by atoms with van der Waals surface area (Å²) < 4.78 is 12.8. The second-order valence-corrected chi connectivity index (χ2v) is 7.79. The summed E-state index contributed by atoms with van der Waals surface area (Å²) in [7, 11) is 1.97. The second kappa shape index (κ2) is 6.27. The number of imidazole rings is 1. The standard InChI is InChI=1S/C20H24N4O3/c1-23-9-8-22-18(23)12-24(17-11-20(17)4-6-21-7-5-20)19(25)14-2-3-15-16(10-14)27-13-26-15/h2-3,8-10,17,21H,4-7,11-13H2,1H3/t17-/m0/s1. The van der Waals surface area contributed by atoms with E-state index in [1.807, 2.05) is 34.8 Å². The number of benzene rings is 1. The number of nitrogens with zero attached hydrogens (tertiary/aromatic N) is 3. The maximum absolute atomic E-state index is 13.5. The highest BCUT2D eigenvalue weighted by atomic mass is 16.7. The highest BCUT2D eigenvalue weighted by Crippen LogP contribution is 2.56. The molecule has 1 N–H and O–H groups in total. The fourth-order valence-corrected chi connectivity index (χ4v) is 4.45. The molecule has 1 spiro atoms. The Hall–Kier alpha value is -2.54. The normalized spacial score (nSPS) is 22.0. The summed E-state index contributed by atoms with van der Waals surface area (Å²) in [4.78, 5) is 19.9. The number of ether oxygens (including phenoxy) is 2. The number of piperidine rings is 1. The molecule has 2 aromatic rings. The Kier molecular flexibility index (Phi) is 3.86. The molecular formula is C20H24N4O3. The topological polar surface area (TPSA) is 68.6 Å². The van der Waals surface area contributed by atoms with E-state index in [2.05, 4.69) is 10.3 Å². The Labute approximate surface area is 158 Å². The third-order valence-corrected chi connectivity index (χ3v) is 6.24. The van der Waals surface area contributed by atoms with Gasteiger partial charge in [-0.15, -0.1) is 0 Å². The van der Waals surface area contributed by atoms with Crippen molar-refractivity contribution in [2.75, 3.05) is 19.9 Å². The van der Waals surface area contributed by atoms with Crippen LogP contribution in [0.4, 0.5) is 0 Å². The van der Waals surface area contributed by atoms with Gasteiger partial charge in [-0.1, -0.05) is 0 Å². The van der Waals surface area contributed by atoms with Gasteiger partial charge in [0.15, 0.2) is 11.5 Å². The van der Waals surface area contributed by atoms with Gasteiger partial charge in [0.2, 0.25) is 6.79 Å². The van der Waals surface area contributed by atoms with Gasteiger partial charge >= 0.3 is 0 Å². The van der Waals surface area contributed by atoms with Gasteiger partial charge in [0.1, 0.15) is 5.82 Å². The Morgan fingerprint density at radius 2 is 2.15 bits per heavy atom. The summed E-state index contributed by atoms with van der Waals surface area (Å²) in [6, 6.07) is 5.72. The van der Waals surface area contributed by atoms with Gasteiger partial charge in [0.25, 0.3) is 5.91 Å². The molecule has 1 saturated heterocycles. The van der Waals surface area contributed by atoms with Crippen molar-refractivity contribution in [2.45, 2.75) is 31.8 Å². The maximum atomic E-state index is 13.5. The van der Waals surface area contributed by atoms with Crippen LogP contribution in [-0.2, 0) is 13.6 Å². The Balaban J connectivity index is 1.44. The summed E-state index contributed by atoms with van der Waals surface area (Å²) in [6.07, 6.45) is 7.04. The van der Waals surface area contributed by atoms with Gasteiger partial charge in [0.05, 0.1) is 6.54 Å². The minimum absolute atomic E-state index is 0.0386. The lowest BCUT2D eigenvalue weighted by Crippen LogP contribution is -2.39. The van der Waals surface area contributed by atoms with Crippen LogP contribution in [0.15, 0.2) is 30.6 Å². The van der Waals surface area contributed by atoms with Crippen molar-refractivity contribution >= 4 is 5.91 Å². The highest BCUT2D eigenvalue weighted by Gasteiger charge is 2.58. The molecule has 2 aliphatic heterocycles. The van der Waals surface area contributed by atoms with Crippen molar-refractivity contribution in [2.24, 2.45) is 12.5 Å². The number of aromatic nitrogens is 2. The smallest absolute Gasteiger partial charge is 0.254 e. The summed E-state index contributed by atoms with van der Waals surface area (Å²) in [5.74, 6) is 2.28. The molecule has 3 heterocycles. The minimum Gasteiger partial charge on any atom is -0.454 e. The molecule has 5 rings (SSSR count). The fraction of sp³-hybridized carbons (Fsp3) is 0.500. The van der Waals surface area contributed by atoms with E-state index in [-0.39, 0.29) is 24.2 Å². The quantitative estimate of drug-likeness (QED) is 0.893. The van der Waals surface area contributed by atoms with Gasteiger partial charge in [-0.3, -0.25) is 4.79 Å². The van der Waals surface area contributed by atoms with Crippen LogP contribution in [0.3, 0.4) is 0 Å². The average molecular weight is 368 g/mol. The molecular weight excluding hydrogens is 344 g/mol. The van der Waals surface area contributed by atoms with E-state index in [0.717, 1.165) is 38.2 Å². The van der Waals surface area contributed by atoms with E-state index in [4.69, 9.17) is 9.47 Å². The number of hydrogen-bond donors (Lipinski definition) is 1. The lowest BCUT2D eigenvalue weighted by Gasteiger charge is -2.29. The lowest BCUT2D eigenvalue weighted by atomic mass is 9.93. The number of carbonyl (C=O) groups excluding carboxylic acids is 1. The average Bonchev–Trinajstić information content (AvgIpc) is 3.02. The summed E-state index contributed by atoms with van der Waals surface area (Å²) in [5.41, 5.74) is 0.909. The van der Waals surface area contributed by atoms with Gasteiger partial charge in [-0.05, 0) is 56.0 Å². The van der Waals surface area contributed by atoms with Crippen LogP contribution in [0.1, 0.15) is 35.4 Å². The molecule has 1 aliphatic carbocycles. The van der Waals surface area contributed by atoms with Crippen LogP contribution >= 0.6 is 0 Å². The lowest BCUT2D eigenvalue weighted by molar-refractivity contribution is 0.0685. The van der Waals surface area contributed by atoms with Crippen molar-refractivity contribution in [1.82, 2.24) is 19.8 Å². The van der Waals surface area contributed by atoms with Crippen LogP contribution in [0.2, 0.25) is 0 Å². The van der Waals surface area contributed by atoms with Crippen molar-refractivity contribution < 1.29 is 14.3 Å². The number of nitrogens with one attached hydrogen (secondary N) is 1. The first kappa shape index (κ1) is 16.6. The predicted molar refractivity (Wildman–Crippen MR) is 98.6 cm³/mol. The first-order chi connectivity index (χ1) is 13.2. The van der Waals surface area contributed by atoms with Gasteiger partial charge in [-0.2, -0.15) is 0 Å². The van der Waals surface area contributed by atoms with E-state index in [1.54, 1.807) is 12.3 Å². The monoisotopic (exact) mass is 368 g/mol. The molecule has 1 aromatic heterocycles. The van der Waals surface area contributed by atoms with Crippen molar-refractivity contribution in [3.05, 3.63) is 42.0 Å². The molecule has 0 radical (unpaired) electrons. The molecule has 0 unspecified atom stereocenters. The third-order valence-electron chi connectivity index (χ3n) is 6.24. The number of carbonyl (C=O) groups is 1. The largest absolute Gasteiger partial charge is 0.454 e. The molecule has 1 amide bonds. The van der Waals surface area contributed by atoms with Crippen LogP contribution in [0, 0.1) is 5.41 Å². The zero-order chi connectivity index (χ0) is 18.4. The van der Waals surface area contributed by atoms with E-state index in [9.17, 15) is 4.79 Å². The molecule has 142 valence electrons. The molecule has 3 aliphatic rings. The molecule has 0 bridgehead atoms. The van der Waals surface area contributed by atoms with Crippen molar-refractivity contribution in [3.63, 3.8) is 0 Å². The third kappa shape index (κ3) is 2.86. The SMILES string of the molecule is Cn1ccnc1CN(C(=O)c1ccc2c(c1)OCO2)[C@H]1CC12CCNCC2. The molecule has 1 saturated carbocycles. The predicted octanol–water partition coefficient (Wildman–Crippen LogP) is 1.93.